The van der Waals surface area contributed by atoms with Crippen LogP contribution in [0.25, 0.3) is 0 Å². The minimum absolute atomic E-state index is 0.0844. The molecule has 7 heteroatoms. The number of esters is 1. The van der Waals surface area contributed by atoms with E-state index in [1.165, 1.54) is 35.5 Å². The molecule has 0 saturated carbocycles. The average Bonchev–Trinajstić information content (AvgIpc) is 3.14. The second-order valence-corrected chi connectivity index (χ2v) is 7.98. The van der Waals surface area contributed by atoms with Gasteiger partial charge in [0.15, 0.2) is 5.78 Å². The van der Waals surface area contributed by atoms with Crippen LogP contribution >= 0.6 is 0 Å². The Labute approximate surface area is 152 Å². The van der Waals surface area contributed by atoms with Crippen molar-refractivity contribution in [1.29, 1.82) is 0 Å². The highest BCUT2D eigenvalue weighted by Gasteiger charge is 2.40. The highest BCUT2D eigenvalue weighted by molar-refractivity contribution is 7.89. The molecule has 3 rings (SSSR count). The molecule has 0 N–H and O–H groups in total. The molecule has 6 nitrogen and oxygen atoms in total. The lowest BCUT2D eigenvalue weighted by molar-refractivity contribution is -0.137. The Morgan fingerprint density at radius 3 is 2.31 bits per heavy atom. The fourth-order valence-electron chi connectivity index (χ4n) is 2.93. The number of hydrogen-bond acceptors (Lipinski definition) is 5. The maximum atomic E-state index is 12.8. The largest absolute Gasteiger partial charge is 0.425 e. The number of carbonyl (C=O) groups excluding carboxylic acids is 2. The van der Waals surface area contributed by atoms with Gasteiger partial charge in [0.05, 0.1) is 4.90 Å². The van der Waals surface area contributed by atoms with Crippen molar-refractivity contribution in [1.82, 2.24) is 4.31 Å². The van der Waals surface area contributed by atoms with Gasteiger partial charge in [0.25, 0.3) is 0 Å². The predicted molar refractivity (Wildman–Crippen MR) is 95.4 cm³/mol. The Balaban J connectivity index is 1.77. The van der Waals surface area contributed by atoms with Crippen LogP contribution in [0.15, 0.2) is 59.5 Å². The zero-order valence-electron chi connectivity index (χ0n) is 14.3. The Kier molecular flexibility index (Phi) is 5.20. The Bertz CT molecular complexity index is 907. The van der Waals surface area contributed by atoms with Crippen molar-refractivity contribution in [2.45, 2.75) is 30.7 Å². The highest BCUT2D eigenvalue weighted by Crippen LogP contribution is 2.27. The Morgan fingerprint density at radius 2 is 1.69 bits per heavy atom. The Morgan fingerprint density at radius 1 is 1.04 bits per heavy atom. The van der Waals surface area contributed by atoms with Crippen LogP contribution in [-0.4, -0.2) is 37.1 Å². The first kappa shape index (κ1) is 18.3. The summed E-state index contributed by atoms with van der Waals surface area (Å²) in [6.45, 7) is 1.73. The molecule has 2 aromatic carbocycles. The van der Waals surface area contributed by atoms with Crippen molar-refractivity contribution in [2.24, 2.45) is 0 Å². The van der Waals surface area contributed by atoms with Crippen LogP contribution < -0.4 is 4.74 Å². The van der Waals surface area contributed by atoms with Gasteiger partial charge < -0.3 is 4.74 Å². The third kappa shape index (κ3) is 3.68. The number of benzene rings is 2. The van der Waals surface area contributed by atoms with Crippen molar-refractivity contribution in [3.8, 4) is 5.75 Å². The van der Waals surface area contributed by atoms with Crippen LogP contribution in [0.1, 0.15) is 30.1 Å². The molecule has 1 fully saturated rings. The molecule has 1 atom stereocenters. The molecule has 1 aliphatic heterocycles. The number of Topliss-reactive ketones (excluding diaryl/α,β-unsaturated/α-hetero) is 1. The van der Waals surface area contributed by atoms with E-state index in [1.807, 2.05) is 0 Å². The van der Waals surface area contributed by atoms with Crippen LogP contribution in [-0.2, 0) is 14.8 Å². The van der Waals surface area contributed by atoms with Gasteiger partial charge in [-0.2, -0.15) is 4.31 Å². The molecule has 136 valence electrons. The summed E-state index contributed by atoms with van der Waals surface area (Å²) in [5.74, 6) is -0.416. The van der Waals surface area contributed by atoms with E-state index in [0.717, 1.165) is 0 Å². The van der Waals surface area contributed by atoms with Gasteiger partial charge in [-0.25, -0.2) is 13.2 Å². The molecule has 1 heterocycles. The van der Waals surface area contributed by atoms with E-state index in [4.69, 9.17) is 4.74 Å². The van der Waals surface area contributed by atoms with E-state index in [1.54, 1.807) is 30.3 Å². The first-order valence-electron chi connectivity index (χ1n) is 8.29. The zero-order valence-corrected chi connectivity index (χ0v) is 15.1. The van der Waals surface area contributed by atoms with Crippen LogP contribution in [0.2, 0.25) is 0 Å². The maximum absolute atomic E-state index is 12.8. The molecule has 0 bridgehead atoms. The van der Waals surface area contributed by atoms with Crippen molar-refractivity contribution in [3.63, 3.8) is 0 Å². The summed E-state index contributed by atoms with van der Waals surface area (Å²) >= 11 is 0. The highest BCUT2D eigenvalue weighted by atomic mass is 32.2. The summed E-state index contributed by atoms with van der Waals surface area (Å²) in [5, 5.41) is 0. The van der Waals surface area contributed by atoms with Gasteiger partial charge in [0, 0.05) is 12.1 Å². The molecular formula is C19H19NO5S. The first-order valence-corrected chi connectivity index (χ1v) is 9.73. The van der Waals surface area contributed by atoms with Gasteiger partial charge in [0.2, 0.25) is 10.0 Å². The third-order valence-electron chi connectivity index (χ3n) is 4.30. The lowest BCUT2D eigenvalue weighted by Gasteiger charge is -2.22. The van der Waals surface area contributed by atoms with Gasteiger partial charge >= 0.3 is 5.97 Å². The lowest BCUT2D eigenvalue weighted by Crippen LogP contribution is -2.42. The van der Waals surface area contributed by atoms with E-state index in [-0.39, 0.29) is 23.0 Å². The monoisotopic (exact) mass is 373 g/mol. The van der Waals surface area contributed by atoms with Gasteiger partial charge in [-0.3, -0.25) is 4.79 Å². The third-order valence-corrected chi connectivity index (χ3v) is 6.23. The van der Waals surface area contributed by atoms with Gasteiger partial charge in [0.1, 0.15) is 11.8 Å². The molecule has 1 saturated heterocycles. The molecule has 0 spiro atoms. The number of rotatable bonds is 5. The summed E-state index contributed by atoms with van der Waals surface area (Å²) in [7, 11) is -3.76. The van der Waals surface area contributed by atoms with Gasteiger partial charge in [-0.05, 0) is 56.2 Å². The second-order valence-electron chi connectivity index (χ2n) is 6.09. The predicted octanol–water partition coefficient (Wildman–Crippen LogP) is 2.65. The summed E-state index contributed by atoms with van der Waals surface area (Å²) < 4.78 is 32.1. The number of sulfonamides is 1. The summed E-state index contributed by atoms with van der Waals surface area (Å²) in [6.07, 6.45) is 1.01. The van der Waals surface area contributed by atoms with Gasteiger partial charge in [-0.15, -0.1) is 0 Å². The van der Waals surface area contributed by atoms with E-state index in [0.29, 0.717) is 18.4 Å². The van der Waals surface area contributed by atoms with Gasteiger partial charge in [-0.1, -0.05) is 18.2 Å². The molecular weight excluding hydrogens is 354 g/mol. The average molecular weight is 373 g/mol. The van der Waals surface area contributed by atoms with E-state index in [2.05, 4.69) is 0 Å². The van der Waals surface area contributed by atoms with E-state index in [9.17, 15) is 18.0 Å². The minimum atomic E-state index is -3.76. The molecule has 0 aromatic heterocycles. The van der Waals surface area contributed by atoms with Crippen LogP contribution in [0.3, 0.4) is 0 Å². The SMILES string of the molecule is CC(=O)c1ccc(OC(=O)C2CCCN2S(=O)(=O)c2ccccc2)cc1. The van der Waals surface area contributed by atoms with Crippen molar-refractivity contribution >= 4 is 21.8 Å². The molecule has 0 aliphatic carbocycles. The summed E-state index contributed by atoms with van der Waals surface area (Å²) in [6, 6.07) is 13.4. The Hall–Kier alpha value is -2.51. The topological polar surface area (TPSA) is 80.8 Å². The summed E-state index contributed by atoms with van der Waals surface area (Å²) in [4.78, 5) is 24.0. The molecule has 0 radical (unpaired) electrons. The van der Waals surface area contributed by atoms with Crippen LogP contribution in [0.4, 0.5) is 0 Å². The number of nitrogens with zero attached hydrogens (tertiary/aromatic N) is 1. The fraction of sp³-hybridized carbons (Fsp3) is 0.263. The normalized spacial score (nSPS) is 17.8. The summed E-state index contributed by atoms with van der Waals surface area (Å²) in [5.41, 5.74) is 0.513. The number of hydrogen-bond donors (Lipinski definition) is 0. The zero-order chi connectivity index (χ0) is 18.7. The van der Waals surface area contributed by atoms with E-state index >= 15 is 0 Å². The van der Waals surface area contributed by atoms with Crippen molar-refractivity contribution < 1.29 is 22.7 Å². The smallest absolute Gasteiger partial charge is 0.329 e. The van der Waals surface area contributed by atoms with Crippen LogP contribution in [0, 0.1) is 0 Å². The van der Waals surface area contributed by atoms with Crippen molar-refractivity contribution in [2.75, 3.05) is 6.54 Å². The number of carbonyl (C=O) groups is 2. The molecule has 1 aliphatic rings. The van der Waals surface area contributed by atoms with Crippen LogP contribution in [0.5, 0.6) is 5.75 Å². The quantitative estimate of drug-likeness (QED) is 0.457. The molecule has 26 heavy (non-hydrogen) atoms. The first-order chi connectivity index (χ1) is 12.4. The number of ether oxygens (including phenoxy) is 1. The fourth-order valence-corrected chi connectivity index (χ4v) is 4.60. The van der Waals surface area contributed by atoms with Crippen molar-refractivity contribution in [3.05, 3.63) is 60.2 Å². The maximum Gasteiger partial charge on any atom is 0.329 e. The molecule has 0 amide bonds. The lowest BCUT2D eigenvalue weighted by atomic mass is 10.1. The molecule has 2 aromatic rings. The second kappa shape index (κ2) is 7.39. The number of ketones is 1. The van der Waals surface area contributed by atoms with E-state index < -0.39 is 22.0 Å². The molecule has 1 unspecified atom stereocenters. The standard InChI is InChI=1S/C19H19NO5S/c1-14(21)15-9-11-16(12-10-15)25-19(22)18-8-5-13-20(18)26(23,24)17-6-3-2-4-7-17/h2-4,6-7,9-12,18H,5,8,13H2,1H3. The minimum Gasteiger partial charge on any atom is -0.425 e.